The first-order valence-corrected chi connectivity index (χ1v) is 6.43. The molecule has 0 radical (unpaired) electrons. The van der Waals surface area contributed by atoms with E-state index in [-0.39, 0.29) is 5.60 Å². The minimum absolute atomic E-state index is 0.351. The fourth-order valence-corrected chi connectivity index (χ4v) is 1.84. The molecule has 1 nitrogen and oxygen atoms in total. The van der Waals surface area contributed by atoms with Crippen LogP contribution in [0.3, 0.4) is 0 Å². The van der Waals surface area contributed by atoms with Gasteiger partial charge in [-0.05, 0) is 56.4 Å². The molecule has 1 atom stereocenters. The summed E-state index contributed by atoms with van der Waals surface area (Å²) in [7, 11) is 0. The molecule has 98 valence electrons. The highest BCUT2D eigenvalue weighted by Crippen LogP contribution is 2.32. The fourth-order valence-electron chi connectivity index (χ4n) is 1.84. The van der Waals surface area contributed by atoms with E-state index in [1.54, 1.807) is 0 Å². The lowest BCUT2D eigenvalue weighted by atomic mass is 9.95. The average molecular weight is 244 g/mol. The summed E-state index contributed by atoms with van der Waals surface area (Å²) in [6, 6.07) is 6.38. The topological polar surface area (TPSA) is 9.23 Å². The lowest BCUT2D eigenvalue weighted by Gasteiger charge is -2.26. The summed E-state index contributed by atoms with van der Waals surface area (Å²) >= 11 is 0. The smallest absolute Gasteiger partial charge is 0.124 e. The predicted octanol–water partition coefficient (Wildman–Crippen LogP) is 5.02. The molecule has 0 aromatic heterocycles. The molecule has 0 bridgehead atoms. The van der Waals surface area contributed by atoms with Gasteiger partial charge in [0.15, 0.2) is 0 Å². The second-order valence-electron chi connectivity index (χ2n) is 5.38. The molecule has 0 aliphatic rings. The van der Waals surface area contributed by atoms with Gasteiger partial charge in [-0.15, -0.1) is 6.58 Å². The van der Waals surface area contributed by atoms with E-state index in [1.165, 1.54) is 11.1 Å². The Morgan fingerprint density at radius 3 is 2.56 bits per heavy atom. The Labute approximate surface area is 111 Å². The second kappa shape index (κ2) is 5.90. The Morgan fingerprint density at radius 2 is 2.00 bits per heavy atom. The zero-order valence-corrected chi connectivity index (χ0v) is 12.0. The third-order valence-corrected chi connectivity index (χ3v) is 3.08. The highest BCUT2D eigenvalue weighted by atomic mass is 16.5. The Bertz CT molecular complexity index is 429. The first-order valence-electron chi connectivity index (χ1n) is 6.43. The molecule has 0 aliphatic carbocycles. The molecule has 0 unspecified atom stereocenters. The van der Waals surface area contributed by atoms with E-state index < -0.39 is 0 Å². The molecule has 0 N–H and O–H groups in total. The minimum atomic E-state index is -0.351. The Morgan fingerprint density at radius 1 is 1.33 bits per heavy atom. The van der Waals surface area contributed by atoms with Gasteiger partial charge in [-0.3, -0.25) is 0 Å². The lowest BCUT2D eigenvalue weighted by Crippen LogP contribution is -2.25. The van der Waals surface area contributed by atoms with E-state index in [0.29, 0.717) is 5.92 Å². The molecule has 1 heteroatoms. The van der Waals surface area contributed by atoms with Crippen molar-refractivity contribution in [2.75, 3.05) is 0 Å². The number of hydrogen-bond donors (Lipinski definition) is 0. The van der Waals surface area contributed by atoms with Crippen molar-refractivity contribution in [3.05, 3.63) is 54.6 Å². The third-order valence-electron chi connectivity index (χ3n) is 3.08. The standard InChI is InChI=1S/C17H24O/c1-7-9-14(4)15-11-10-13(3)12-16(15)18-17(5,6)8-2/h7-8,10-12,14H,1-2,9H2,3-6H3/t14-/m0/s1. The van der Waals surface area contributed by atoms with Crippen molar-refractivity contribution in [3.8, 4) is 5.75 Å². The summed E-state index contributed by atoms with van der Waals surface area (Å²) in [5, 5.41) is 0. The summed E-state index contributed by atoms with van der Waals surface area (Å²) < 4.78 is 6.08. The number of rotatable bonds is 6. The van der Waals surface area contributed by atoms with E-state index in [4.69, 9.17) is 4.74 Å². The van der Waals surface area contributed by atoms with Crippen molar-refractivity contribution in [2.24, 2.45) is 0 Å². The maximum atomic E-state index is 6.08. The second-order valence-corrected chi connectivity index (χ2v) is 5.38. The van der Waals surface area contributed by atoms with Crippen LogP contribution in [0.15, 0.2) is 43.5 Å². The third kappa shape index (κ3) is 3.76. The largest absolute Gasteiger partial charge is 0.484 e. The van der Waals surface area contributed by atoms with E-state index in [1.807, 2.05) is 26.0 Å². The van der Waals surface area contributed by atoms with Gasteiger partial charge in [0.05, 0.1) is 0 Å². The molecular formula is C17H24O. The number of ether oxygens (including phenoxy) is 1. The van der Waals surface area contributed by atoms with Crippen molar-refractivity contribution in [3.63, 3.8) is 0 Å². The molecule has 0 aliphatic heterocycles. The molecule has 1 aromatic rings. The average Bonchev–Trinajstić information content (AvgIpc) is 2.29. The van der Waals surface area contributed by atoms with Crippen LogP contribution in [-0.4, -0.2) is 5.60 Å². The van der Waals surface area contributed by atoms with Gasteiger partial charge < -0.3 is 4.74 Å². The quantitative estimate of drug-likeness (QED) is 0.638. The molecule has 1 aromatic carbocycles. The first-order chi connectivity index (χ1) is 8.39. The summed E-state index contributed by atoms with van der Waals surface area (Å²) in [6.07, 6.45) is 4.73. The van der Waals surface area contributed by atoms with Crippen LogP contribution in [0.5, 0.6) is 5.75 Å². The van der Waals surface area contributed by atoms with Crippen LogP contribution in [0, 0.1) is 6.92 Å². The Balaban J connectivity index is 3.11. The van der Waals surface area contributed by atoms with Crippen LogP contribution in [0.25, 0.3) is 0 Å². The summed E-state index contributed by atoms with van der Waals surface area (Å²) in [4.78, 5) is 0. The molecule has 1 rings (SSSR count). The van der Waals surface area contributed by atoms with Crippen molar-refractivity contribution >= 4 is 0 Å². The maximum absolute atomic E-state index is 6.08. The van der Waals surface area contributed by atoms with E-state index in [0.717, 1.165) is 12.2 Å². The molecule has 0 spiro atoms. The number of benzene rings is 1. The zero-order valence-electron chi connectivity index (χ0n) is 12.0. The molecule has 0 amide bonds. The van der Waals surface area contributed by atoms with Crippen LogP contribution < -0.4 is 4.74 Å². The van der Waals surface area contributed by atoms with Crippen LogP contribution >= 0.6 is 0 Å². The predicted molar refractivity (Wildman–Crippen MR) is 79.3 cm³/mol. The van der Waals surface area contributed by atoms with Crippen molar-refractivity contribution in [2.45, 2.75) is 45.6 Å². The van der Waals surface area contributed by atoms with Crippen LogP contribution in [0.1, 0.15) is 44.2 Å². The highest BCUT2D eigenvalue weighted by Gasteiger charge is 2.18. The van der Waals surface area contributed by atoms with Crippen LogP contribution in [0.2, 0.25) is 0 Å². The summed E-state index contributed by atoms with van der Waals surface area (Å²) in [6.45, 7) is 15.9. The van der Waals surface area contributed by atoms with Crippen molar-refractivity contribution in [1.82, 2.24) is 0 Å². The van der Waals surface area contributed by atoms with Gasteiger partial charge >= 0.3 is 0 Å². The molecule has 0 heterocycles. The monoisotopic (exact) mass is 244 g/mol. The van der Waals surface area contributed by atoms with Crippen molar-refractivity contribution in [1.29, 1.82) is 0 Å². The molecule has 0 fully saturated rings. The molecule has 0 saturated carbocycles. The van der Waals surface area contributed by atoms with Gasteiger partial charge in [-0.2, -0.15) is 0 Å². The van der Waals surface area contributed by atoms with Gasteiger partial charge in [-0.1, -0.05) is 31.7 Å². The van der Waals surface area contributed by atoms with Crippen LogP contribution in [0.4, 0.5) is 0 Å². The van der Waals surface area contributed by atoms with E-state index in [9.17, 15) is 0 Å². The van der Waals surface area contributed by atoms with Crippen LogP contribution in [-0.2, 0) is 0 Å². The zero-order chi connectivity index (χ0) is 13.8. The molecule has 18 heavy (non-hydrogen) atoms. The molecular weight excluding hydrogens is 220 g/mol. The fraction of sp³-hybridized carbons (Fsp3) is 0.412. The van der Waals surface area contributed by atoms with Gasteiger partial charge in [-0.25, -0.2) is 0 Å². The summed E-state index contributed by atoms with van der Waals surface area (Å²) in [5.74, 6) is 1.37. The number of hydrogen-bond acceptors (Lipinski definition) is 1. The lowest BCUT2D eigenvalue weighted by molar-refractivity contribution is 0.160. The Kier molecular flexibility index (Phi) is 4.77. The normalized spacial score (nSPS) is 12.9. The number of aryl methyl sites for hydroxylation is 1. The number of allylic oxidation sites excluding steroid dienone is 1. The Hall–Kier alpha value is -1.50. The van der Waals surface area contributed by atoms with Gasteiger partial charge in [0.25, 0.3) is 0 Å². The highest BCUT2D eigenvalue weighted by molar-refractivity contribution is 5.40. The summed E-state index contributed by atoms with van der Waals surface area (Å²) in [5.41, 5.74) is 2.09. The minimum Gasteiger partial charge on any atom is -0.484 e. The first kappa shape index (κ1) is 14.6. The van der Waals surface area contributed by atoms with Gasteiger partial charge in [0, 0.05) is 0 Å². The maximum Gasteiger partial charge on any atom is 0.124 e. The van der Waals surface area contributed by atoms with Gasteiger partial charge in [0.1, 0.15) is 11.4 Å². The van der Waals surface area contributed by atoms with E-state index in [2.05, 4.69) is 45.2 Å². The van der Waals surface area contributed by atoms with E-state index >= 15 is 0 Å². The van der Waals surface area contributed by atoms with Crippen molar-refractivity contribution < 1.29 is 4.74 Å². The SMILES string of the molecule is C=CC[C@H](C)c1ccc(C)cc1OC(C)(C)C=C. The van der Waals surface area contributed by atoms with Gasteiger partial charge in [0.2, 0.25) is 0 Å². The molecule has 0 saturated heterocycles.